The lowest BCUT2D eigenvalue weighted by molar-refractivity contribution is 1.06. The molecule has 0 aliphatic heterocycles. The zero-order valence-corrected chi connectivity index (χ0v) is 10.5. The van der Waals surface area contributed by atoms with E-state index >= 15 is 0 Å². The van der Waals surface area contributed by atoms with Crippen LogP contribution in [0.4, 0.5) is 5.95 Å². The van der Waals surface area contributed by atoms with E-state index in [1.807, 2.05) is 17.5 Å². The largest absolute Gasteiger partial charge is 0.349 e. The smallest absolute Gasteiger partial charge is 0.224 e. The first-order chi connectivity index (χ1) is 7.79. The summed E-state index contributed by atoms with van der Waals surface area (Å²) >= 11 is 5.09. The highest BCUT2D eigenvalue weighted by Gasteiger charge is 2.02. The van der Waals surface area contributed by atoms with E-state index in [4.69, 9.17) is 5.26 Å². The molecule has 0 atom stereocenters. The molecule has 0 fully saturated rings. The van der Waals surface area contributed by atoms with Crippen LogP contribution in [0.25, 0.3) is 0 Å². The summed E-state index contributed by atoms with van der Waals surface area (Å²) in [4.78, 5) is 9.23. The molecular weight excluding hydrogens is 288 g/mol. The average molecular weight is 295 g/mol. The molecule has 2 heterocycles. The van der Waals surface area contributed by atoms with Crippen molar-refractivity contribution in [3.8, 4) is 6.07 Å². The molecule has 0 aliphatic carbocycles. The Balaban J connectivity index is 2.05. The van der Waals surface area contributed by atoms with Gasteiger partial charge in [-0.05, 0) is 33.4 Å². The maximum Gasteiger partial charge on any atom is 0.224 e. The number of thiophene rings is 1. The number of anilines is 1. The van der Waals surface area contributed by atoms with Crippen molar-refractivity contribution >= 4 is 33.2 Å². The monoisotopic (exact) mass is 294 g/mol. The lowest BCUT2D eigenvalue weighted by Crippen LogP contribution is -2.03. The van der Waals surface area contributed by atoms with Gasteiger partial charge in [0.15, 0.2) is 0 Å². The van der Waals surface area contributed by atoms with Crippen LogP contribution in [0.5, 0.6) is 0 Å². The van der Waals surface area contributed by atoms with Crippen LogP contribution in [0.15, 0.2) is 28.2 Å². The van der Waals surface area contributed by atoms with Crippen molar-refractivity contribution in [2.75, 3.05) is 5.32 Å². The van der Waals surface area contributed by atoms with Gasteiger partial charge in [0.25, 0.3) is 0 Å². The molecule has 2 aromatic heterocycles. The number of aromatic nitrogens is 2. The van der Waals surface area contributed by atoms with Crippen molar-refractivity contribution in [1.82, 2.24) is 9.97 Å². The number of nitriles is 1. The zero-order valence-electron chi connectivity index (χ0n) is 8.14. The topological polar surface area (TPSA) is 61.6 Å². The summed E-state index contributed by atoms with van der Waals surface area (Å²) in [6.07, 6.45) is 1.57. The van der Waals surface area contributed by atoms with E-state index in [1.54, 1.807) is 23.6 Å². The summed E-state index contributed by atoms with van der Waals surface area (Å²) in [6.45, 7) is 0.646. The number of nitrogens with zero attached hydrogens (tertiary/aromatic N) is 3. The first kappa shape index (κ1) is 11.0. The van der Waals surface area contributed by atoms with Gasteiger partial charge >= 0.3 is 0 Å². The summed E-state index contributed by atoms with van der Waals surface area (Å²) in [5.74, 6) is 0.472. The van der Waals surface area contributed by atoms with Crippen molar-refractivity contribution in [1.29, 1.82) is 5.26 Å². The van der Waals surface area contributed by atoms with Crippen LogP contribution in [-0.2, 0) is 6.54 Å². The Labute approximate surface area is 105 Å². The van der Waals surface area contributed by atoms with E-state index in [-0.39, 0.29) is 0 Å². The highest BCUT2D eigenvalue weighted by molar-refractivity contribution is 9.10. The standard InChI is InChI=1S/C10H7BrN4S/c11-8-2-4-16-9(8)6-14-10-13-3-1-7(5-12)15-10/h1-4H,6H2,(H,13,14,15). The Bertz CT molecular complexity index is 532. The maximum atomic E-state index is 8.68. The second kappa shape index (κ2) is 5.05. The van der Waals surface area contributed by atoms with Gasteiger partial charge in [-0.2, -0.15) is 5.26 Å². The fourth-order valence-electron chi connectivity index (χ4n) is 1.12. The normalized spacial score (nSPS) is 9.75. The second-order valence-corrected chi connectivity index (χ2v) is 4.78. The third kappa shape index (κ3) is 2.56. The molecule has 0 saturated carbocycles. The first-order valence-electron chi connectivity index (χ1n) is 4.48. The Morgan fingerprint density at radius 2 is 2.38 bits per heavy atom. The molecule has 16 heavy (non-hydrogen) atoms. The van der Waals surface area contributed by atoms with E-state index in [0.717, 1.165) is 4.47 Å². The summed E-state index contributed by atoms with van der Waals surface area (Å²) in [6, 6.07) is 5.54. The number of halogens is 1. The average Bonchev–Trinajstić information content (AvgIpc) is 2.72. The predicted molar refractivity (Wildman–Crippen MR) is 66.1 cm³/mol. The number of nitrogens with one attached hydrogen (secondary N) is 1. The van der Waals surface area contributed by atoms with Gasteiger partial charge in [-0.25, -0.2) is 9.97 Å². The van der Waals surface area contributed by atoms with E-state index in [9.17, 15) is 0 Å². The predicted octanol–water partition coefficient (Wildman–Crippen LogP) is 2.78. The van der Waals surface area contributed by atoms with Crippen LogP contribution >= 0.6 is 27.3 Å². The minimum atomic E-state index is 0.364. The van der Waals surface area contributed by atoms with Crippen molar-refractivity contribution in [2.45, 2.75) is 6.54 Å². The number of hydrogen-bond donors (Lipinski definition) is 1. The van der Waals surface area contributed by atoms with Gasteiger partial charge < -0.3 is 5.32 Å². The number of rotatable bonds is 3. The Morgan fingerprint density at radius 1 is 1.50 bits per heavy atom. The first-order valence-corrected chi connectivity index (χ1v) is 6.16. The molecule has 0 saturated heterocycles. The molecule has 80 valence electrons. The third-order valence-corrected chi connectivity index (χ3v) is 3.79. The molecule has 4 nitrogen and oxygen atoms in total. The van der Waals surface area contributed by atoms with Gasteiger partial charge in [-0.1, -0.05) is 0 Å². The van der Waals surface area contributed by atoms with E-state index in [2.05, 4.69) is 31.2 Å². The number of hydrogen-bond acceptors (Lipinski definition) is 5. The van der Waals surface area contributed by atoms with E-state index in [1.165, 1.54) is 4.88 Å². The molecule has 0 bridgehead atoms. The highest BCUT2D eigenvalue weighted by atomic mass is 79.9. The molecule has 0 aliphatic rings. The molecule has 2 rings (SSSR count). The highest BCUT2D eigenvalue weighted by Crippen LogP contribution is 2.22. The van der Waals surface area contributed by atoms with Crippen molar-refractivity contribution in [2.24, 2.45) is 0 Å². The Morgan fingerprint density at radius 3 is 3.06 bits per heavy atom. The minimum absolute atomic E-state index is 0.364. The SMILES string of the molecule is N#Cc1ccnc(NCc2sccc2Br)n1. The summed E-state index contributed by atoms with van der Waals surface area (Å²) in [7, 11) is 0. The van der Waals surface area contributed by atoms with Crippen LogP contribution in [0.3, 0.4) is 0 Å². The van der Waals surface area contributed by atoms with Gasteiger partial charge in [0.2, 0.25) is 5.95 Å². The fraction of sp³-hybridized carbons (Fsp3) is 0.100. The minimum Gasteiger partial charge on any atom is -0.349 e. The van der Waals surface area contributed by atoms with Crippen LogP contribution in [0.1, 0.15) is 10.6 Å². The van der Waals surface area contributed by atoms with Crippen LogP contribution < -0.4 is 5.32 Å². The third-order valence-electron chi connectivity index (χ3n) is 1.87. The molecule has 6 heteroatoms. The van der Waals surface area contributed by atoms with Crippen molar-refractivity contribution < 1.29 is 0 Å². The molecule has 0 unspecified atom stereocenters. The Hall–Kier alpha value is -1.45. The van der Waals surface area contributed by atoms with Crippen LogP contribution in [-0.4, -0.2) is 9.97 Å². The fourth-order valence-corrected chi connectivity index (χ4v) is 2.55. The van der Waals surface area contributed by atoms with E-state index in [0.29, 0.717) is 18.2 Å². The summed E-state index contributed by atoms with van der Waals surface area (Å²) in [5, 5.41) is 13.8. The quantitative estimate of drug-likeness (QED) is 0.945. The Kier molecular flexibility index (Phi) is 3.49. The summed E-state index contributed by atoms with van der Waals surface area (Å²) in [5.41, 5.74) is 0.364. The van der Waals surface area contributed by atoms with Gasteiger partial charge in [0, 0.05) is 15.5 Å². The van der Waals surface area contributed by atoms with Crippen LogP contribution in [0, 0.1) is 11.3 Å². The molecular formula is C10H7BrN4S. The van der Waals surface area contributed by atoms with Crippen molar-refractivity contribution in [3.63, 3.8) is 0 Å². The molecule has 0 aromatic carbocycles. The molecule has 0 amide bonds. The lowest BCUT2D eigenvalue weighted by atomic mass is 10.4. The zero-order chi connectivity index (χ0) is 11.4. The molecule has 0 spiro atoms. The van der Waals surface area contributed by atoms with Gasteiger partial charge in [-0.3, -0.25) is 0 Å². The molecule has 2 aromatic rings. The van der Waals surface area contributed by atoms with Gasteiger partial charge in [0.05, 0.1) is 6.54 Å². The van der Waals surface area contributed by atoms with Gasteiger partial charge in [-0.15, -0.1) is 11.3 Å². The molecule has 0 radical (unpaired) electrons. The second-order valence-electron chi connectivity index (χ2n) is 2.92. The van der Waals surface area contributed by atoms with Crippen molar-refractivity contribution in [3.05, 3.63) is 38.8 Å². The summed E-state index contributed by atoms with van der Waals surface area (Å²) < 4.78 is 1.07. The molecule has 1 N–H and O–H groups in total. The van der Waals surface area contributed by atoms with Gasteiger partial charge in [0.1, 0.15) is 11.8 Å². The maximum absolute atomic E-state index is 8.68. The van der Waals surface area contributed by atoms with E-state index < -0.39 is 0 Å². The lowest BCUT2D eigenvalue weighted by Gasteiger charge is -2.02. The van der Waals surface area contributed by atoms with Crippen LogP contribution in [0.2, 0.25) is 0 Å².